The van der Waals surface area contributed by atoms with Crippen molar-refractivity contribution in [2.24, 2.45) is 0 Å². The zero-order valence-electron chi connectivity index (χ0n) is 9.83. The quantitative estimate of drug-likeness (QED) is 0.842. The van der Waals surface area contributed by atoms with E-state index in [4.69, 9.17) is 16.3 Å². The SMILES string of the molecule is CC1(C(=O)OCc2ccc(Cl)cc2)CCCN1. The number of halogens is 1. The van der Waals surface area contributed by atoms with E-state index in [2.05, 4.69) is 5.32 Å². The van der Waals surface area contributed by atoms with Crippen LogP contribution >= 0.6 is 11.6 Å². The fourth-order valence-corrected chi connectivity index (χ4v) is 2.08. The van der Waals surface area contributed by atoms with Crippen molar-refractivity contribution < 1.29 is 9.53 Å². The van der Waals surface area contributed by atoms with Crippen molar-refractivity contribution in [3.05, 3.63) is 34.9 Å². The van der Waals surface area contributed by atoms with E-state index in [1.54, 1.807) is 12.1 Å². The molecule has 1 aliphatic heterocycles. The molecule has 1 N–H and O–H groups in total. The summed E-state index contributed by atoms with van der Waals surface area (Å²) in [4.78, 5) is 11.9. The summed E-state index contributed by atoms with van der Waals surface area (Å²) in [5.41, 5.74) is 0.441. The Hall–Kier alpha value is -1.06. The van der Waals surface area contributed by atoms with E-state index < -0.39 is 5.54 Å². The molecule has 2 rings (SSSR count). The lowest BCUT2D eigenvalue weighted by molar-refractivity contribution is -0.151. The fourth-order valence-electron chi connectivity index (χ4n) is 1.96. The smallest absolute Gasteiger partial charge is 0.326 e. The highest BCUT2D eigenvalue weighted by Crippen LogP contribution is 2.20. The monoisotopic (exact) mass is 253 g/mol. The molecular weight excluding hydrogens is 238 g/mol. The van der Waals surface area contributed by atoms with Crippen LogP contribution in [0.1, 0.15) is 25.3 Å². The van der Waals surface area contributed by atoms with Gasteiger partial charge in [0.2, 0.25) is 0 Å². The zero-order valence-corrected chi connectivity index (χ0v) is 10.6. The van der Waals surface area contributed by atoms with E-state index >= 15 is 0 Å². The van der Waals surface area contributed by atoms with Crippen LogP contribution in [0, 0.1) is 0 Å². The first-order valence-corrected chi connectivity index (χ1v) is 6.15. The summed E-state index contributed by atoms with van der Waals surface area (Å²) in [5, 5.41) is 3.87. The lowest BCUT2D eigenvalue weighted by Crippen LogP contribution is -2.45. The number of ether oxygens (including phenoxy) is 1. The van der Waals surface area contributed by atoms with Gasteiger partial charge in [-0.2, -0.15) is 0 Å². The molecule has 0 spiro atoms. The zero-order chi connectivity index (χ0) is 12.3. The Kier molecular flexibility index (Phi) is 3.69. The van der Waals surface area contributed by atoms with Crippen LogP contribution in [0.4, 0.5) is 0 Å². The Balaban J connectivity index is 1.89. The molecule has 1 saturated heterocycles. The third-order valence-corrected chi connectivity index (χ3v) is 3.35. The van der Waals surface area contributed by atoms with E-state index in [1.165, 1.54) is 0 Å². The Labute approximate surface area is 106 Å². The molecule has 1 fully saturated rings. The van der Waals surface area contributed by atoms with Crippen molar-refractivity contribution in [1.82, 2.24) is 5.32 Å². The largest absolute Gasteiger partial charge is 0.459 e. The van der Waals surface area contributed by atoms with Crippen molar-refractivity contribution >= 4 is 17.6 Å². The highest BCUT2D eigenvalue weighted by molar-refractivity contribution is 6.30. The van der Waals surface area contributed by atoms with Crippen molar-refractivity contribution in [3.63, 3.8) is 0 Å². The van der Waals surface area contributed by atoms with Crippen LogP contribution in [0.3, 0.4) is 0 Å². The number of carbonyl (C=O) groups is 1. The van der Waals surface area contributed by atoms with Crippen molar-refractivity contribution in [2.45, 2.75) is 31.9 Å². The summed E-state index contributed by atoms with van der Waals surface area (Å²) in [6, 6.07) is 7.31. The van der Waals surface area contributed by atoms with Crippen molar-refractivity contribution in [1.29, 1.82) is 0 Å². The minimum Gasteiger partial charge on any atom is -0.459 e. The van der Waals surface area contributed by atoms with Gasteiger partial charge in [-0.05, 0) is 44.0 Å². The average Bonchev–Trinajstić information content (AvgIpc) is 2.76. The second kappa shape index (κ2) is 5.07. The van der Waals surface area contributed by atoms with Crippen LogP contribution in [-0.4, -0.2) is 18.1 Å². The number of nitrogens with one attached hydrogen (secondary N) is 1. The molecule has 17 heavy (non-hydrogen) atoms. The highest BCUT2D eigenvalue weighted by atomic mass is 35.5. The molecule has 0 saturated carbocycles. The third-order valence-electron chi connectivity index (χ3n) is 3.10. The van der Waals surface area contributed by atoms with Crippen LogP contribution in [0.5, 0.6) is 0 Å². The molecule has 1 aromatic carbocycles. The molecule has 3 nitrogen and oxygen atoms in total. The van der Waals surface area contributed by atoms with Gasteiger partial charge in [0.15, 0.2) is 0 Å². The van der Waals surface area contributed by atoms with Crippen LogP contribution in [-0.2, 0) is 16.1 Å². The molecule has 0 bridgehead atoms. The van der Waals surface area contributed by atoms with Crippen LogP contribution in [0.25, 0.3) is 0 Å². The van der Waals surface area contributed by atoms with Crippen molar-refractivity contribution in [2.75, 3.05) is 6.54 Å². The Morgan fingerprint density at radius 3 is 2.76 bits per heavy atom. The maximum atomic E-state index is 11.9. The van der Waals surface area contributed by atoms with Gasteiger partial charge < -0.3 is 10.1 Å². The standard InChI is InChI=1S/C13H16ClNO2/c1-13(7-2-8-15-13)12(16)17-9-10-3-5-11(14)6-4-10/h3-6,15H,2,7-9H2,1H3. The number of esters is 1. The molecule has 1 unspecified atom stereocenters. The molecule has 1 atom stereocenters. The van der Waals surface area contributed by atoms with E-state index in [0.717, 1.165) is 24.9 Å². The fraction of sp³-hybridized carbons (Fsp3) is 0.462. The van der Waals surface area contributed by atoms with Gasteiger partial charge in [0.25, 0.3) is 0 Å². The molecule has 92 valence electrons. The lowest BCUT2D eigenvalue weighted by atomic mass is 10.0. The molecule has 1 heterocycles. The summed E-state index contributed by atoms with van der Waals surface area (Å²) in [6.07, 6.45) is 1.86. The molecule has 1 aliphatic rings. The van der Waals surface area contributed by atoms with Gasteiger partial charge in [0.05, 0.1) is 0 Å². The summed E-state index contributed by atoms with van der Waals surface area (Å²) in [6.45, 7) is 3.07. The number of rotatable bonds is 3. The van der Waals surface area contributed by atoms with Gasteiger partial charge >= 0.3 is 5.97 Å². The Morgan fingerprint density at radius 1 is 1.47 bits per heavy atom. The Morgan fingerprint density at radius 2 is 2.18 bits per heavy atom. The first kappa shape index (κ1) is 12.4. The molecule has 0 amide bonds. The number of benzene rings is 1. The molecule has 0 aromatic heterocycles. The number of hydrogen-bond donors (Lipinski definition) is 1. The second-order valence-electron chi connectivity index (χ2n) is 4.57. The van der Waals surface area contributed by atoms with E-state index in [-0.39, 0.29) is 5.97 Å². The molecular formula is C13H16ClNO2. The van der Waals surface area contributed by atoms with E-state index in [9.17, 15) is 4.79 Å². The summed E-state index contributed by atoms with van der Waals surface area (Å²) >= 11 is 5.78. The molecule has 4 heteroatoms. The van der Waals surface area contributed by atoms with Crippen molar-refractivity contribution in [3.8, 4) is 0 Å². The second-order valence-corrected chi connectivity index (χ2v) is 5.00. The van der Waals surface area contributed by atoms with Gasteiger partial charge in [-0.3, -0.25) is 4.79 Å². The highest BCUT2D eigenvalue weighted by Gasteiger charge is 2.37. The van der Waals surface area contributed by atoms with E-state index in [1.807, 2.05) is 19.1 Å². The van der Waals surface area contributed by atoms with Gasteiger partial charge in [-0.15, -0.1) is 0 Å². The third kappa shape index (κ3) is 2.99. The average molecular weight is 254 g/mol. The predicted octanol–water partition coefficient (Wildman–Crippen LogP) is 2.53. The predicted molar refractivity (Wildman–Crippen MR) is 66.9 cm³/mol. The van der Waals surface area contributed by atoms with Crippen LogP contribution in [0.2, 0.25) is 5.02 Å². The molecule has 0 aliphatic carbocycles. The minimum atomic E-state index is -0.508. The molecule has 1 aromatic rings. The molecule has 0 radical (unpaired) electrons. The van der Waals surface area contributed by atoms with E-state index in [0.29, 0.717) is 11.6 Å². The summed E-state index contributed by atoms with van der Waals surface area (Å²) in [7, 11) is 0. The van der Waals surface area contributed by atoms with Gasteiger partial charge in [-0.1, -0.05) is 23.7 Å². The van der Waals surface area contributed by atoms with Crippen LogP contribution in [0.15, 0.2) is 24.3 Å². The summed E-state index contributed by atoms with van der Waals surface area (Å²) in [5.74, 6) is -0.176. The number of carbonyl (C=O) groups excluding carboxylic acids is 1. The lowest BCUT2D eigenvalue weighted by Gasteiger charge is -2.21. The Bertz CT molecular complexity index is 396. The normalized spacial score (nSPS) is 23.6. The summed E-state index contributed by atoms with van der Waals surface area (Å²) < 4.78 is 5.31. The van der Waals surface area contributed by atoms with Gasteiger partial charge in [0, 0.05) is 5.02 Å². The van der Waals surface area contributed by atoms with Crippen LogP contribution < -0.4 is 5.32 Å². The van der Waals surface area contributed by atoms with Gasteiger partial charge in [0.1, 0.15) is 12.1 Å². The maximum Gasteiger partial charge on any atom is 0.326 e. The number of hydrogen-bond acceptors (Lipinski definition) is 3. The maximum absolute atomic E-state index is 11.9. The topological polar surface area (TPSA) is 38.3 Å². The first-order valence-electron chi connectivity index (χ1n) is 5.77. The van der Waals surface area contributed by atoms with Gasteiger partial charge in [-0.25, -0.2) is 0 Å². The minimum absolute atomic E-state index is 0.176. The first-order chi connectivity index (χ1) is 8.10.